The fourth-order valence-electron chi connectivity index (χ4n) is 5.74. The molecule has 0 aromatic rings. The van der Waals surface area contributed by atoms with E-state index in [9.17, 15) is 15.0 Å². The molecule has 2 atom stereocenters. The number of rotatable bonds is 35. The molecular weight excluding hydrogens is 578 g/mol. The Labute approximate surface area is 292 Å². The summed E-state index contributed by atoms with van der Waals surface area (Å²) in [6, 6.07) is -0.540. The Hall–Kier alpha value is -1.91. The van der Waals surface area contributed by atoms with Crippen molar-refractivity contribution >= 4 is 5.91 Å². The van der Waals surface area contributed by atoms with Crippen LogP contribution >= 0.6 is 0 Å². The Bertz CT molecular complexity index is 797. The van der Waals surface area contributed by atoms with Gasteiger partial charge in [0.15, 0.2) is 0 Å². The van der Waals surface area contributed by atoms with Gasteiger partial charge in [0.05, 0.1) is 18.8 Å². The van der Waals surface area contributed by atoms with Gasteiger partial charge in [-0.25, -0.2) is 0 Å². The largest absolute Gasteiger partial charge is 0.394 e. The summed E-state index contributed by atoms with van der Waals surface area (Å²) < 4.78 is 0. The van der Waals surface area contributed by atoms with Crippen LogP contribution in [0.15, 0.2) is 60.8 Å². The highest BCUT2D eigenvalue weighted by Crippen LogP contribution is 2.14. The molecule has 0 rings (SSSR count). The van der Waals surface area contributed by atoms with Crippen LogP contribution in [0.25, 0.3) is 0 Å². The van der Waals surface area contributed by atoms with Gasteiger partial charge < -0.3 is 15.5 Å². The molecule has 0 aromatic carbocycles. The van der Waals surface area contributed by atoms with Crippen LogP contribution in [0.1, 0.15) is 187 Å². The predicted octanol–water partition coefficient (Wildman–Crippen LogP) is 12.2. The van der Waals surface area contributed by atoms with Gasteiger partial charge in [0, 0.05) is 6.42 Å². The average molecular weight is 656 g/mol. The number of carbonyl (C=O) groups is 1. The average Bonchev–Trinajstić information content (AvgIpc) is 3.07. The fraction of sp³-hybridized carbons (Fsp3) is 0.744. The third-order valence-electron chi connectivity index (χ3n) is 8.79. The quantitative estimate of drug-likeness (QED) is 0.0470. The lowest BCUT2D eigenvalue weighted by atomic mass is 10.0. The molecule has 47 heavy (non-hydrogen) atoms. The maximum atomic E-state index is 12.3. The van der Waals surface area contributed by atoms with E-state index in [1.54, 1.807) is 0 Å². The molecule has 4 heteroatoms. The van der Waals surface area contributed by atoms with Gasteiger partial charge in [-0.2, -0.15) is 0 Å². The SMILES string of the molecule is CC/C=C\C/C=C\C/C=C\C/C=C\C/C=C\CCCCCCCCCCCC(=O)NC(CO)C(O)CCCCCCCCCCCC. The van der Waals surface area contributed by atoms with Gasteiger partial charge in [-0.05, 0) is 57.8 Å². The fourth-order valence-corrected chi connectivity index (χ4v) is 5.74. The molecular formula is C43H77NO3. The number of unbranched alkanes of at least 4 members (excludes halogenated alkanes) is 18. The first-order valence-corrected chi connectivity index (χ1v) is 20.0. The van der Waals surface area contributed by atoms with Crippen molar-refractivity contribution in [3.63, 3.8) is 0 Å². The normalized spacial score (nSPS) is 13.7. The van der Waals surface area contributed by atoms with E-state index in [0.29, 0.717) is 12.8 Å². The van der Waals surface area contributed by atoms with Crippen molar-refractivity contribution in [2.75, 3.05) is 6.61 Å². The van der Waals surface area contributed by atoms with E-state index >= 15 is 0 Å². The number of carbonyl (C=O) groups excluding carboxylic acids is 1. The highest BCUT2D eigenvalue weighted by atomic mass is 16.3. The van der Waals surface area contributed by atoms with Gasteiger partial charge in [-0.1, -0.05) is 184 Å². The molecule has 0 saturated carbocycles. The maximum absolute atomic E-state index is 12.3. The molecule has 0 aromatic heterocycles. The molecule has 0 spiro atoms. The van der Waals surface area contributed by atoms with E-state index < -0.39 is 12.1 Å². The van der Waals surface area contributed by atoms with Gasteiger partial charge in [0.2, 0.25) is 5.91 Å². The smallest absolute Gasteiger partial charge is 0.220 e. The first kappa shape index (κ1) is 45.1. The number of nitrogens with one attached hydrogen (secondary N) is 1. The molecule has 0 saturated heterocycles. The first-order valence-electron chi connectivity index (χ1n) is 20.0. The standard InChI is InChI=1S/C43H77NO3/c1-3-5-7-9-11-13-15-16-17-18-19-20-21-22-23-24-25-26-27-28-29-31-33-35-37-39-43(47)44-41(40-45)42(46)38-36-34-32-30-14-12-10-8-6-4-2/h5,7,11,13,16-17,19-20,22-23,41-42,45-46H,3-4,6,8-10,12,14-15,18,21,24-40H2,1-2H3,(H,44,47)/b7-5-,13-11-,17-16-,20-19-,23-22-. The number of aliphatic hydroxyl groups excluding tert-OH is 2. The third kappa shape index (κ3) is 35.2. The lowest BCUT2D eigenvalue weighted by molar-refractivity contribution is -0.123. The van der Waals surface area contributed by atoms with Gasteiger partial charge in [0.1, 0.15) is 0 Å². The topological polar surface area (TPSA) is 69.6 Å². The van der Waals surface area contributed by atoms with Crippen molar-refractivity contribution in [1.29, 1.82) is 0 Å². The highest BCUT2D eigenvalue weighted by Gasteiger charge is 2.19. The molecule has 0 heterocycles. The van der Waals surface area contributed by atoms with Crippen LogP contribution in [0.5, 0.6) is 0 Å². The monoisotopic (exact) mass is 656 g/mol. The molecule has 1 amide bonds. The number of hydrogen-bond acceptors (Lipinski definition) is 3. The minimum Gasteiger partial charge on any atom is -0.394 e. The van der Waals surface area contributed by atoms with Gasteiger partial charge in [-0.3, -0.25) is 4.79 Å². The number of amides is 1. The Balaban J connectivity index is 3.57. The Morgan fingerprint density at radius 1 is 0.532 bits per heavy atom. The van der Waals surface area contributed by atoms with Crippen LogP contribution in [-0.4, -0.2) is 34.9 Å². The lowest BCUT2D eigenvalue weighted by Gasteiger charge is -2.22. The zero-order valence-corrected chi connectivity index (χ0v) is 31.0. The zero-order chi connectivity index (χ0) is 34.3. The van der Waals surface area contributed by atoms with E-state index in [1.807, 2.05) is 0 Å². The molecule has 4 nitrogen and oxygen atoms in total. The zero-order valence-electron chi connectivity index (χ0n) is 31.0. The summed E-state index contributed by atoms with van der Waals surface area (Å²) in [5.74, 6) is -0.0429. The third-order valence-corrected chi connectivity index (χ3v) is 8.79. The van der Waals surface area contributed by atoms with Crippen LogP contribution < -0.4 is 5.32 Å². The molecule has 0 bridgehead atoms. The summed E-state index contributed by atoms with van der Waals surface area (Å²) in [5.41, 5.74) is 0. The van der Waals surface area contributed by atoms with E-state index in [4.69, 9.17) is 0 Å². The maximum Gasteiger partial charge on any atom is 0.220 e. The number of hydrogen-bond donors (Lipinski definition) is 3. The van der Waals surface area contributed by atoms with Gasteiger partial charge in [0.25, 0.3) is 0 Å². The molecule has 272 valence electrons. The number of aliphatic hydroxyl groups is 2. The Morgan fingerprint density at radius 3 is 1.40 bits per heavy atom. The second kappa shape index (κ2) is 38.5. The van der Waals surface area contributed by atoms with Crippen molar-refractivity contribution < 1.29 is 15.0 Å². The van der Waals surface area contributed by atoms with E-state index in [1.165, 1.54) is 103 Å². The van der Waals surface area contributed by atoms with Crippen LogP contribution in [0.4, 0.5) is 0 Å². The lowest BCUT2D eigenvalue weighted by Crippen LogP contribution is -2.45. The van der Waals surface area contributed by atoms with Gasteiger partial charge >= 0.3 is 0 Å². The van der Waals surface area contributed by atoms with E-state index in [-0.39, 0.29) is 12.5 Å². The Morgan fingerprint density at radius 2 is 0.936 bits per heavy atom. The molecule has 0 aliphatic heterocycles. The molecule has 0 aliphatic rings. The van der Waals surface area contributed by atoms with Crippen molar-refractivity contribution in [3.05, 3.63) is 60.8 Å². The molecule has 0 fully saturated rings. The summed E-state index contributed by atoms with van der Waals surface area (Å²) in [5, 5.41) is 23.0. The molecule has 3 N–H and O–H groups in total. The van der Waals surface area contributed by atoms with E-state index in [2.05, 4.69) is 79.9 Å². The molecule has 0 radical (unpaired) electrons. The highest BCUT2D eigenvalue weighted by molar-refractivity contribution is 5.76. The molecule has 0 aliphatic carbocycles. The summed E-state index contributed by atoms with van der Waals surface area (Å²) in [6.07, 6.45) is 52.8. The number of allylic oxidation sites excluding steroid dienone is 10. The van der Waals surface area contributed by atoms with Crippen LogP contribution in [0.3, 0.4) is 0 Å². The van der Waals surface area contributed by atoms with Gasteiger partial charge in [-0.15, -0.1) is 0 Å². The Kier molecular flexibility index (Phi) is 37.0. The van der Waals surface area contributed by atoms with Crippen LogP contribution in [-0.2, 0) is 4.79 Å². The minimum atomic E-state index is -0.662. The molecule has 2 unspecified atom stereocenters. The van der Waals surface area contributed by atoms with Crippen LogP contribution in [0.2, 0.25) is 0 Å². The summed E-state index contributed by atoms with van der Waals surface area (Å²) in [6.45, 7) is 4.21. The van der Waals surface area contributed by atoms with Crippen molar-refractivity contribution in [2.24, 2.45) is 0 Å². The summed E-state index contributed by atoms with van der Waals surface area (Å²) >= 11 is 0. The summed E-state index contributed by atoms with van der Waals surface area (Å²) in [7, 11) is 0. The minimum absolute atomic E-state index is 0.0429. The van der Waals surface area contributed by atoms with Crippen molar-refractivity contribution in [2.45, 2.75) is 199 Å². The summed E-state index contributed by atoms with van der Waals surface area (Å²) in [4.78, 5) is 12.3. The second-order valence-electron chi connectivity index (χ2n) is 13.3. The van der Waals surface area contributed by atoms with E-state index in [0.717, 1.165) is 57.8 Å². The second-order valence-corrected chi connectivity index (χ2v) is 13.3. The van der Waals surface area contributed by atoms with Crippen LogP contribution in [0, 0.1) is 0 Å². The van der Waals surface area contributed by atoms with Crippen molar-refractivity contribution in [3.8, 4) is 0 Å². The first-order chi connectivity index (χ1) is 23.2. The van der Waals surface area contributed by atoms with Crippen molar-refractivity contribution in [1.82, 2.24) is 5.32 Å². The predicted molar refractivity (Wildman–Crippen MR) is 207 cm³/mol.